The van der Waals surface area contributed by atoms with Gasteiger partial charge in [0, 0.05) is 43.4 Å². The number of rotatable bonds is 3. The molecule has 4 heterocycles. The first-order valence-corrected chi connectivity index (χ1v) is 12.8. The molecule has 3 fully saturated rings. The second kappa shape index (κ2) is 6.68. The minimum Gasteiger partial charge on any atom is -0.481 e. The van der Waals surface area contributed by atoms with Crippen LogP contribution in [0.4, 0.5) is 4.79 Å². The number of likely N-dealkylation sites (tertiary alicyclic amines) is 2. The highest BCUT2D eigenvalue weighted by atomic mass is 16.6. The van der Waals surface area contributed by atoms with Crippen molar-refractivity contribution in [3.05, 3.63) is 65.5 Å². The van der Waals surface area contributed by atoms with Gasteiger partial charge in [-0.1, -0.05) is 18.2 Å². The Kier molecular flexibility index (Phi) is 3.85. The predicted octanol–water partition coefficient (Wildman–Crippen LogP) is 3.46. The fraction of sp³-hybridized carbons (Fsp3) is 0.464. The molecule has 0 N–H and O–H groups in total. The van der Waals surface area contributed by atoms with Crippen LogP contribution in [0.15, 0.2) is 48.8 Å². The number of esters is 1. The van der Waals surface area contributed by atoms with E-state index in [9.17, 15) is 9.59 Å². The molecule has 2 unspecified atom stereocenters. The maximum absolute atomic E-state index is 13.5. The van der Waals surface area contributed by atoms with E-state index in [-0.39, 0.29) is 41.1 Å². The second-order valence-electron chi connectivity index (χ2n) is 11.0. The van der Waals surface area contributed by atoms with Crippen LogP contribution in [0.5, 0.6) is 11.5 Å². The van der Waals surface area contributed by atoms with Crippen LogP contribution in [-0.2, 0) is 20.5 Å². The van der Waals surface area contributed by atoms with Crippen molar-refractivity contribution in [2.45, 2.75) is 61.4 Å². The standard InChI is InChI=1S/C28H27N3O5/c1-15(32)34-20-9-7-17-22-23(20)36-25-21(10-8-18-24-28(17,30(24)2)14-27(18,22)25)35-26(33)31-12-4-6-19(31)16-5-3-11-29-13-16/h3,5,7-11,13,18-19,21,24-25H,4,6,12,14H2,1-2H3/t18-,19-,21-,24-,25-,27?,28-,30?/m0/s1. The van der Waals surface area contributed by atoms with Crippen molar-refractivity contribution in [2.75, 3.05) is 13.6 Å². The van der Waals surface area contributed by atoms with Crippen LogP contribution in [0.1, 0.15) is 48.9 Å². The number of amides is 1. The van der Waals surface area contributed by atoms with E-state index in [1.165, 1.54) is 12.5 Å². The van der Waals surface area contributed by atoms with Crippen LogP contribution in [0, 0.1) is 5.92 Å². The summed E-state index contributed by atoms with van der Waals surface area (Å²) in [5.41, 5.74) is 3.18. The lowest BCUT2D eigenvalue weighted by Crippen LogP contribution is -2.53. The SMILES string of the molecule is CC(=O)Oc1ccc2c3c1O[C@H]1[C@@H](OC(=O)N4CCC[C@H]4c4cccnc4)C=C[C@H]4[C@@H]5N(C)[C@@]25CC341. The van der Waals surface area contributed by atoms with Gasteiger partial charge in [-0.05, 0) is 55.6 Å². The highest BCUT2D eigenvalue weighted by Crippen LogP contribution is 2.80. The van der Waals surface area contributed by atoms with E-state index in [4.69, 9.17) is 14.2 Å². The number of carbonyl (C=O) groups is 2. The van der Waals surface area contributed by atoms with Gasteiger partial charge in [0.1, 0.15) is 6.10 Å². The molecule has 0 radical (unpaired) electrons. The molecule has 3 aliphatic heterocycles. The Bertz CT molecular complexity index is 1360. The Morgan fingerprint density at radius 1 is 1.22 bits per heavy atom. The van der Waals surface area contributed by atoms with E-state index in [1.807, 2.05) is 35.4 Å². The van der Waals surface area contributed by atoms with Gasteiger partial charge in [-0.2, -0.15) is 0 Å². The Balaban J connectivity index is 1.15. The molecule has 3 aliphatic carbocycles. The van der Waals surface area contributed by atoms with Crippen molar-refractivity contribution in [1.29, 1.82) is 0 Å². The van der Waals surface area contributed by atoms with Crippen molar-refractivity contribution in [2.24, 2.45) is 5.92 Å². The number of ether oxygens (including phenoxy) is 3. The molecule has 1 aromatic carbocycles. The van der Waals surface area contributed by atoms with Crippen LogP contribution in [0.2, 0.25) is 0 Å². The van der Waals surface area contributed by atoms with Gasteiger partial charge in [-0.25, -0.2) is 4.79 Å². The van der Waals surface area contributed by atoms with Crippen molar-refractivity contribution < 1.29 is 23.8 Å². The molecule has 2 saturated heterocycles. The summed E-state index contributed by atoms with van der Waals surface area (Å²) in [5, 5.41) is 0. The zero-order valence-corrected chi connectivity index (χ0v) is 20.2. The second-order valence-corrected chi connectivity index (χ2v) is 11.0. The molecule has 1 saturated carbocycles. The maximum atomic E-state index is 13.5. The van der Waals surface area contributed by atoms with Crippen molar-refractivity contribution in [1.82, 2.24) is 14.8 Å². The molecule has 184 valence electrons. The lowest BCUT2D eigenvalue weighted by atomic mass is 9.64. The van der Waals surface area contributed by atoms with Crippen LogP contribution in [0.3, 0.4) is 0 Å². The summed E-state index contributed by atoms with van der Waals surface area (Å²) in [6.07, 6.45) is 9.40. The summed E-state index contributed by atoms with van der Waals surface area (Å²) in [7, 11) is 2.19. The molecule has 36 heavy (non-hydrogen) atoms. The summed E-state index contributed by atoms with van der Waals surface area (Å²) < 4.78 is 18.4. The van der Waals surface area contributed by atoms with Gasteiger partial charge in [0.2, 0.25) is 0 Å². The van der Waals surface area contributed by atoms with Gasteiger partial charge in [-0.15, -0.1) is 0 Å². The molecule has 8 atom stereocenters. The summed E-state index contributed by atoms with van der Waals surface area (Å²) in [6, 6.07) is 8.27. The van der Waals surface area contributed by atoms with Gasteiger partial charge in [-0.3, -0.25) is 14.7 Å². The third kappa shape index (κ3) is 2.28. The summed E-state index contributed by atoms with van der Waals surface area (Å²) in [6.45, 7) is 2.06. The van der Waals surface area contributed by atoms with Crippen LogP contribution in [-0.4, -0.2) is 58.7 Å². The van der Waals surface area contributed by atoms with Gasteiger partial charge in [0.25, 0.3) is 0 Å². The number of hydrogen-bond acceptors (Lipinski definition) is 7. The highest BCUT2D eigenvalue weighted by Gasteiger charge is 2.85. The molecule has 1 aromatic heterocycles. The molecule has 2 spiro atoms. The number of pyridine rings is 1. The summed E-state index contributed by atoms with van der Waals surface area (Å²) in [5.74, 6) is 0.998. The molecule has 2 aromatic rings. The number of nitrogens with zero attached hydrogens (tertiary/aromatic N) is 3. The first kappa shape index (κ1) is 20.8. The van der Waals surface area contributed by atoms with E-state index in [0.717, 1.165) is 30.4 Å². The van der Waals surface area contributed by atoms with E-state index in [1.54, 1.807) is 6.20 Å². The fourth-order valence-electron chi connectivity index (χ4n) is 8.37. The van der Waals surface area contributed by atoms with Crippen molar-refractivity contribution >= 4 is 12.1 Å². The lowest BCUT2D eigenvalue weighted by molar-refractivity contribution is -0.132. The van der Waals surface area contributed by atoms with E-state index >= 15 is 0 Å². The van der Waals surface area contributed by atoms with Gasteiger partial charge < -0.3 is 19.1 Å². The maximum Gasteiger partial charge on any atom is 0.411 e. The number of benzene rings is 1. The van der Waals surface area contributed by atoms with Gasteiger partial charge in [0.05, 0.1) is 17.0 Å². The largest absolute Gasteiger partial charge is 0.481 e. The number of piperidine rings is 1. The quantitative estimate of drug-likeness (QED) is 0.285. The molecular formula is C28H27N3O5. The zero-order valence-electron chi connectivity index (χ0n) is 20.2. The van der Waals surface area contributed by atoms with Crippen LogP contribution in [0.25, 0.3) is 0 Å². The summed E-state index contributed by atoms with van der Waals surface area (Å²) >= 11 is 0. The zero-order chi connectivity index (χ0) is 24.4. The van der Waals surface area contributed by atoms with E-state index in [2.05, 4.69) is 29.1 Å². The topological polar surface area (TPSA) is 81.0 Å². The van der Waals surface area contributed by atoms with E-state index < -0.39 is 6.10 Å². The molecule has 2 bridgehead atoms. The number of carbonyl (C=O) groups excluding carboxylic acids is 2. The number of fused-ring (bicyclic) bond motifs is 1. The Labute approximate surface area is 208 Å². The molecular weight excluding hydrogens is 458 g/mol. The van der Waals surface area contributed by atoms with Gasteiger partial charge >= 0.3 is 12.1 Å². The number of likely N-dealkylation sites (N-methyl/N-ethyl adjacent to an activating group) is 1. The molecule has 8 heteroatoms. The molecule has 8 nitrogen and oxygen atoms in total. The van der Waals surface area contributed by atoms with Crippen molar-refractivity contribution in [3.63, 3.8) is 0 Å². The first-order chi connectivity index (χ1) is 17.5. The average Bonchev–Trinajstić information content (AvgIpc) is 3.38. The van der Waals surface area contributed by atoms with Crippen LogP contribution < -0.4 is 9.47 Å². The smallest absolute Gasteiger partial charge is 0.411 e. The Morgan fingerprint density at radius 3 is 2.92 bits per heavy atom. The van der Waals surface area contributed by atoms with Crippen molar-refractivity contribution in [3.8, 4) is 11.5 Å². The third-order valence-electron chi connectivity index (χ3n) is 9.62. The first-order valence-electron chi connectivity index (χ1n) is 12.8. The fourth-order valence-corrected chi connectivity index (χ4v) is 8.37. The number of hydrogen-bond donors (Lipinski definition) is 0. The summed E-state index contributed by atoms with van der Waals surface area (Å²) in [4.78, 5) is 33.9. The predicted molar refractivity (Wildman–Crippen MR) is 128 cm³/mol. The minimum atomic E-state index is -0.521. The normalized spacial score (nSPS) is 39.4. The average molecular weight is 486 g/mol. The van der Waals surface area contributed by atoms with Crippen LogP contribution >= 0.6 is 0 Å². The Morgan fingerprint density at radius 2 is 2.11 bits per heavy atom. The van der Waals surface area contributed by atoms with E-state index in [0.29, 0.717) is 24.1 Å². The number of aromatic nitrogens is 1. The minimum absolute atomic E-state index is 0.00483. The van der Waals surface area contributed by atoms with Gasteiger partial charge in [0.15, 0.2) is 17.6 Å². The molecule has 1 amide bonds. The Hall–Kier alpha value is -3.39. The third-order valence-corrected chi connectivity index (χ3v) is 9.62. The molecule has 8 rings (SSSR count). The highest BCUT2D eigenvalue weighted by molar-refractivity contribution is 5.76. The monoisotopic (exact) mass is 485 g/mol. The molecule has 6 aliphatic rings. The lowest BCUT2D eigenvalue weighted by Gasteiger charge is -2.42.